The number of phenols is 1. The van der Waals surface area contributed by atoms with Crippen LogP contribution in [0.4, 0.5) is 0 Å². The van der Waals surface area contributed by atoms with Gasteiger partial charge in [0, 0.05) is 5.56 Å². The Hall–Kier alpha value is -2.15. The third-order valence-corrected chi connectivity index (χ3v) is 2.19. The van der Waals surface area contributed by atoms with Gasteiger partial charge in [-0.2, -0.15) is 8.42 Å². The molecule has 0 spiro atoms. The van der Waals surface area contributed by atoms with Crippen LogP contribution in [0.5, 0.6) is 5.75 Å². The van der Waals surface area contributed by atoms with Crippen LogP contribution in [0.2, 0.25) is 0 Å². The molecule has 2 aromatic carbocycles. The van der Waals surface area contributed by atoms with Crippen molar-refractivity contribution in [1.82, 2.24) is 0 Å². The lowest BCUT2D eigenvalue weighted by Gasteiger charge is -1.97. The van der Waals surface area contributed by atoms with Crippen LogP contribution in [0.3, 0.4) is 0 Å². The fraction of sp³-hybridized carbons (Fsp3) is 0. The Morgan fingerprint density at radius 3 is 1.85 bits per heavy atom. The zero-order valence-corrected chi connectivity index (χ0v) is 11.2. The summed E-state index contributed by atoms with van der Waals surface area (Å²) in [5, 5.41) is 9.54. The summed E-state index contributed by atoms with van der Waals surface area (Å²) < 4.78 is 31.6. The summed E-state index contributed by atoms with van der Waals surface area (Å²) in [7, 11) is -4.67. The van der Waals surface area contributed by atoms with Gasteiger partial charge in [0.2, 0.25) is 0 Å². The standard InChI is InChI=1S/C14H12O.H2O4S/c15-14-9-5-4-8-13(14)11-10-12-6-2-1-3-7-12;1-5(2,3)4/h1-11,15H;(H2,1,2,3,4). The number of rotatable bonds is 2. The fourth-order valence-corrected chi connectivity index (χ4v) is 1.38. The summed E-state index contributed by atoms with van der Waals surface area (Å²) in [6.07, 6.45) is 3.89. The Kier molecular flexibility index (Phi) is 5.92. The van der Waals surface area contributed by atoms with Gasteiger partial charge in [-0.15, -0.1) is 0 Å². The first kappa shape index (κ1) is 15.9. The van der Waals surface area contributed by atoms with E-state index < -0.39 is 10.4 Å². The van der Waals surface area contributed by atoms with E-state index in [-0.39, 0.29) is 0 Å². The Balaban J connectivity index is 0.000000347. The molecular weight excluding hydrogens is 280 g/mol. The van der Waals surface area contributed by atoms with Crippen molar-refractivity contribution in [3.63, 3.8) is 0 Å². The summed E-state index contributed by atoms with van der Waals surface area (Å²) >= 11 is 0. The van der Waals surface area contributed by atoms with Crippen LogP contribution >= 0.6 is 0 Å². The second-order valence-electron chi connectivity index (χ2n) is 3.75. The number of para-hydroxylation sites is 1. The summed E-state index contributed by atoms with van der Waals surface area (Å²) in [5.74, 6) is 0.310. The van der Waals surface area contributed by atoms with Crippen LogP contribution < -0.4 is 0 Å². The quantitative estimate of drug-likeness (QED) is 0.584. The van der Waals surface area contributed by atoms with Gasteiger partial charge in [0.15, 0.2) is 0 Å². The Bertz CT molecular complexity index is 655. The van der Waals surface area contributed by atoms with E-state index in [1.54, 1.807) is 6.07 Å². The molecule has 0 aromatic heterocycles. The molecule has 20 heavy (non-hydrogen) atoms. The maximum absolute atomic E-state index is 9.54. The number of hydrogen-bond acceptors (Lipinski definition) is 3. The lowest BCUT2D eigenvalue weighted by atomic mass is 10.1. The normalized spacial score (nSPS) is 10.9. The van der Waals surface area contributed by atoms with E-state index in [1.165, 1.54) is 0 Å². The largest absolute Gasteiger partial charge is 0.507 e. The van der Waals surface area contributed by atoms with Gasteiger partial charge in [-0.3, -0.25) is 9.11 Å². The minimum atomic E-state index is -4.67. The molecule has 0 amide bonds. The average molecular weight is 294 g/mol. The van der Waals surface area contributed by atoms with Crippen molar-refractivity contribution in [3.8, 4) is 5.75 Å². The van der Waals surface area contributed by atoms with Crippen LogP contribution in [-0.4, -0.2) is 22.6 Å². The number of phenolic OH excluding ortho intramolecular Hbond substituents is 1. The Labute approximate surface area is 117 Å². The van der Waals surface area contributed by atoms with Crippen LogP contribution in [0, 0.1) is 0 Å². The number of benzene rings is 2. The SMILES string of the molecule is O=S(=O)(O)O.Oc1ccccc1C=Cc1ccccc1. The van der Waals surface area contributed by atoms with Gasteiger partial charge in [0.1, 0.15) is 5.75 Å². The zero-order chi connectivity index (χ0) is 15.0. The van der Waals surface area contributed by atoms with Crippen molar-refractivity contribution in [2.45, 2.75) is 0 Å². The number of aromatic hydroxyl groups is 1. The predicted molar refractivity (Wildman–Crippen MR) is 77.7 cm³/mol. The molecule has 2 rings (SSSR count). The van der Waals surface area contributed by atoms with Crippen molar-refractivity contribution in [2.24, 2.45) is 0 Å². The van der Waals surface area contributed by atoms with E-state index in [1.807, 2.05) is 60.7 Å². The molecule has 0 heterocycles. The highest BCUT2D eigenvalue weighted by molar-refractivity contribution is 7.79. The van der Waals surface area contributed by atoms with Crippen molar-refractivity contribution in [2.75, 3.05) is 0 Å². The van der Waals surface area contributed by atoms with Crippen LogP contribution in [0.25, 0.3) is 12.2 Å². The monoisotopic (exact) mass is 294 g/mol. The maximum atomic E-state index is 9.54. The first-order valence-electron chi connectivity index (χ1n) is 5.57. The molecule has 2 aromatic rings. The first-order valence-corrected chi connectivity index (χ1v) is 6.97. The van der Waals surface area contributed by atoms with Gasteiger partial charge in [0.25, 0.3) is 0 Å². The van der Waals surface area contributed by atoms with Gasteiger partial charge >= 0.3 is 10.4 Å². The van der Waals surface area contributed by atoms with Gasteiger partial charge in [-0.05, 0) is 11.6 Å². The molecule has 0 unspecified atom stereocenters. The molecule has 0 radical (unpaired) electrons. The molecular formula is C14H14O5S. The van der Waals surface area contributed by atoms with Gasteiger partial charge in [-0.1, -0.05) is 60.7 Å². The molecule has 0 fully saturated rings. The van der Waals surface area contributed by atoms with Crippen LogP contribution in [0.1, 0.15) is 11.1 Å². The van der Waals surface area contributed by atoms with Crippen molar-refractivity contribution >= 4 is 22.6 Å². The van der Waals surface area contributed by atoms with E-state index in [2.05, 4.69) is 0 Å². The van der Waals surface area contributed by atoms with Crippen molar-refractivity contribution in [3.05, 3.63) is 65.7 Å². The maximum Gasteiger partial charge on any atom is 0.394 e. The highest BCUT2D eigenvalue weighted by Gasteiger charge is 1.93. The third-order valence-electron chi connectivity index (χ3n) is 2.19. The molecule has 6 heteroatoms. The van der Waals surface area contributed by atoms with E-state index in [4.69, 9.17) is 17.5 Å². The van der Waals surface area contributed by atoms with E-state index >= 15 is 0 Å². The summed E-state index contributed by atoms with van der Waals surface area (Å²) in [6, 6.07) is 17.3. The van der Waals surface area contributed by atoms with Crippen LogP contribution in [0.15, 0.2) is 54.6 Å². The van der Waals surface area contributed by atoms with Crippen LogP contribution in [-0.2, 0) is 10.4 Å². The summed E-state index contributed by atoms with van der Waals surface area (Å²) in [5.41, 5.74) is 1.96. The third kappa shape index (κ3) is 7.32. The lowest BCUT2D eigenvalue weighted by molar-refractivity contribution is 0.381. The molecule has 0 atom stereocenters. The molecule has 5 nitrogen and oxygen atoms in total. The molecule has 0 bridgehead atoms. The first-order chi connectivity index (χ1) is 9.36. The minimum absolute atomic E-state index is 0.310. The fourth-order valence-electron chi connectivity index (χ4n) is 1.38. The Morgan fingerprint density at radius 2 is 1.30 bits per heavy atom. The van der Waals surface area contributed by atoms with Gasteiger partial charge in [-0.25, -0.2) is 0 Å². The number of hydrogen-bond donors (Lipinski definition) is 3. The Morgan fingerprint density at radius 1 is 0.800 bits per heavy atom. The van der Waals surface area contributed by atoms with E-state index in [0.29, 0.717) is 5.75 Å². The van der Waals surface area contributed by atoms with Gasteiger partial charge in [0.05, 0.1) is 0 Å². The molecule has 0 saturated carbocycles. The smallest absolute Gasteiger partial charge is 0.394 e. The second-order valence-corrected chi connectivity index (χ2v) is 4.65. The van der Waals surface area contributed by atoms with Gasteiger partial charge < -0.3 is 5.11 Å². The molecule has 0 saturated heterocycles. The summed E-state index contributed by atoms with van der Waals surface area (Å²) in [6.45, 7) is 0. The molecule has 3 N–H and O–H groups in total. The second kappa shape index (κ2) is 7.44. The van der Waals surface area contributed by atoms with E-state index in [9.17, 15) is 5.11 Å². The minimum Gasteiger partial charge on any atom is -0.507 e. The summed E-state index contributed by atoms with van der Waals surface area (Å²) in [4.78, 5) is 0. The zero-order valence-electron chi connectivity index (χ0n) is 10.4. The topological polar surface area (TPSA) is 94.8 Å². The predicted octanol–water partition coefficient (Wildman–Crippen LogP) is 2.91. The lowest BCUT2D eigenvalue weighted by Crippen LogP contribution is -1.89. The highest BCUT2D eigenvalue weighted by atomic mass is 32.3. The van der Waals surface area contributed by atoms with Crippen molar-refractivity contribution in [1.29, 1.82) is 0 Å². The molecule has 0 aliphatic heterocycles. The molecule has 0 aliphatic rings. The molecule has 106 valence electrons. The van der Waals surface area contributed by atoms with Crippen molar-refractivity contribution < 1.29 is 22.6 Å². The highest BCUT2D eigenvalue weighted by Crippen LogP contribution is 2.18. The van der Waals surface area contributed by atoms with E-state index in [0.717, 1.165) is 11.1 Å². The average Bonchev–Trinajstić information content (AvgIpc) is 2.37. The molecule has 0 aliphatic carbocycles.